The Kier molecular flexibility index (Phi) is 6.93. The van der Waals surface area contributed by atoms with Crippen LogP contribution in [0.5, 0.6) is 0 Å². The lowest BCUT2D eigenvalue weighted by Gasteiger charge is -2.12. The summed E-state index contributed by atoms with van der Waals surface area (Å²) < 4.78 is 11.5. The SMILES string of the molecule is c1ccc(-c2cccc(-n3c4ccccc4c4cc(-c5cc(-c6ccc7c8ccccc8n(-c8ccccc8)c7c6)cc6c5oc5ccccc56)ccc43)c2)cc1. The number of fused-ring (bicyclic) bond motifs is 9. The average molecular weight is 727 g/mol. The van der Waals surface area contributed by atoms with Crippen molar-refractivity contribution in [2.24, 2.45) is 0 Å². The van der Waals surface area contributed by atoms with Gasteiger partial charge in [-0.25, -0.2) is 0 Å². The van der Waals surface area contributed by atoms with E-state index in [1.165, 1.54) is 54.7 Å². The maximum Gasteiger partial charge on any atom is 0.143 e. The molecule has 0 saturated carbocycles. The van der Waals surface area contributed by atoms with Gasteiger partial charge in [0.15, 0.2) is 0 Å². The minimum absolute atomic E-state index is 0.890. The number of furan rings is 1. The van der Waals surface area contributed by atoms with Gasteiger partial charge < -0.3 is 13.6 Å². The minimum Gasteiger partial charge on any atom is -0.455 e. The van der Waals surface area contributed by atoms with Crippen LogP contribution in [-0.4, -0.2) is 9.13 Å². The van der Waals surface area contributed by atoms with Crippen LogP contribution < -0.4 is 0 Å². The number of para-hydroxylation sites is 4. The molecule has 0 N–H and O–H groups in total. The van der Waals surface area contributed by atoms with Gasteiger partial charge in [0.1, 0.15) is 11.2 Å². The lowest BCUT2D eigenvalue weighted by Crippen LogP contribution is -1.94. The van der Waals surface area contributed by atoms with Crippen molar-refractivity contribution in [1.29, 1.82) is 0 Å². The van der Waals surface area contributed by atoms with Gasteiger partial charge in [0.05, 0.1) is 22.1 Å². The standard InChI is InChI=1S/C54H34N2O/c1-3-14-35(15-4-1)36-16-13-19-41(30-36)56-50-24-11-8-21-43(50)47-31-38(27-29-51(47)56)46-32-39(33-48-45-22-9-12-25-53(45)57-54(46)48)37-26-28-44-42-20-7-10-23-49(42)55(52(44)34-37)40-17-5-2-6-18-40/h1-34H. The van der Waals surface area contributed by atoms with Crippen LogP contribution in [0.3, 0.4) is 0 Å². The Morgan fingerprint density at radius 3 is 1.65 bits per heavy atom. The third kappa shape index (κ3) is 4.92. The molecule has 3 nitrogen and oxygen atoms in total. The van der Waals surface area contributed by atoms with Crippen molar-refractivity contribution >= 4 is 65.6 Å². The fourth-order valence-electron chi connectivity index (χ4n) is 9.09. The van der Waals surface area contributed by atoms with Gasteiger partial charge in [0.2, 0.25) is 0 Å². The highest BCUT2D eigenvalue weighted by atomic mass is 16.3. The summed E-state index contributed by atoms with van der Waals surface area (Å²) in [6, 6.07) is 74.4. The molecule has 0 amide bonds. The van der Waals surface area contributed by atoms with Crippen LogP contribution in [0.15, 0.2) is 211 Å². The Balaban J connectivity index is 1.08. The Hall–Kier alpha value is -7.62. The van der Waals surface area contributed by atoms with Gasteiger partial charge in [-0.3, -0.25) is 0 Å². The molecular formula is C54H34N2O. The molecule has 0 bridgehead atoms. The molecule has 3 aromatic heterocycles. The van der Waals surface area contributed by atoms with Crippen LogP contribution in [0.1, 0.15) is 0 Å². The molecule has 0 aliphatic heterocycles. The van der Waals surface area contributed by atoms with E-state index in [4.69, 9.17) is 4.42 Å². The zero-order valence-electron chi connectivity index (χ0n) is 30.9. The number of aromatic nitrogens is 2. The average Bonchev–Trinajstić information content (AvgIpc) is 3.94. The zero-order chi connectivity index (χ0) is 37.5. The van der Waals surface area contributed by atoms with Crippen LogP contribution in [0, 0.1) is 0 Å². The van der Waals surface area contributed by atoms with E-state index < -0.39 is 0 Å². The highest BCUT2D eigenvalue weighted by molar-refractivity contribution is 6.15. The van der Waals surface area contributed by atoms with Gasteiger partial charge in [-0.1, -0.05) is 133 Å². The summed E-state index contributed by atoms with van der Waals surface area (Å²) in [4.78, 5) is 0. The monoisotopic (exact) mass is 726 g/mol. The minimum atomic E-state index is 0.890. The van der Waals surface area contributed by atoms with Crippen molar-refractivity contribution in [2.45, 2.75) is 0 Å². The largest absolute Gasteiger partial charge is 0.455 e. The summed E-state index contributed by atoms with van der Waals surface area (Å²) in [6.45, 7) is 0. The first-order valence-electron chi connectivity index (χ1n) is 19.5. The van der Waals surface area contributed by atoms with Crippen molar-refractivity contribution in [1.82, 2.24) is 9.13 Å². The van der Waals surface area contributed by atoms with Gasteiger partial charge in [0.25, 0.3) is 0 Å². The van der Waals surface area contributed by atoms with E-state index in [9.17, 15) is 0 Å². The smallest absolute Gasteiger partial charge is 0.143 e. The first-order chi connectivity index (χ1) is 28.3. The number of rotatable bonds is 5. The third-order valence-electron chi connectivity index (χ3n) is 11.7. The highest BCUT2D eigenvalue weighted by Crippen LogP contribution is 2.43. The number of hydrogen-bond donors (Lipinski definition) is 0. The van der Waals surface area contributed by atoms with Gasteiger partial charge in [-0.15, -0.1) is 0 Å². The molecule has 0 aliphatic rings. The molecule has 0 radical (unpaired) electrons. The molecule has 3 heterocycles. The summed E-state index contributed by atoms with van der Waals surface area (Å²) >= 11 is 0. The summed E-state index contributed by atoms with van der Waals surface area (Å²) in [5.41, 5.74) is 15.7. The fourth-order valence-corrected chi connectivity index (χ4v) is 9.09. The van der Waals surface area contributed by atoms with Gasteiger partial charge in [-0.05, 0) is 101 Å². The van der Waals surface area contributed by atoms with E-state index in [1.54, 1.807) is 0 Å². The highest BCUT2D eigenvalue weighted by Gasteiger charge is 2.20. The molecule has 0 aliphatic carbocycles. The molecule has 3 heteroatoms. The van der Waals surface area contributed by atoms with E-state index in [-0.39, 0.29) is 0 Å². The van der Waals surface area contributed by atoms with E-state index in [1.807, 2.05) is 0 Å². The van der Waals surface area contributed by atoms with Crippen LogP contribution in [0.25, 0.3) is 110 Å². The van der Waals surface area contributed by atoms with Crippen LogP contribution in [-0.2, 0) is 0 Å². The third-order valence-corrected chi connectivity index (χ3v) is 11.7. The Morgan fingerprint density at radius 1 is 0.281 bits per heavy atom. The van der Waals surface area contributed by atoms with E-state index in [2.05, 4.69) is 215 Å². The van der Waals surface area contributed by atoms with Crippen molar-refractivity contribution in [3.05, 3.63) is 206 Å². The van der Waals surface area contributed by atoms with Crippen molar-refractivity contribution in [3.63, 3.8) is 0 Å². The first-order valence-corrected chi connectivity index (χ1v) is 19.5. The summed E-state index contributed by atoms with van der Waals surface area (Å²) in [5, 5.41) is 7.14. The molecule has 9 aromatic carbocycles. The molecule has 0 spiro atoms. The second kappa shape index (κ2) is 12.5. The number of benzene rings is 9. The van der Waals surface area contributed by atoms with Crippen molar-refractivity contribution in [3.8, 4) is 44.8 Å². The maximum absolute atomic E-state index is 6.74. The fraction of sp³-hybridized carbons (Fsp3) is 0. The van der Waals surface area contributed by atoms with Gasteiger partial charge >= 0.3 is 0 Å². The van der Waals surface area contributed by atoms with Gasteiger partial charge in [-0.2, -0.15) is 0 Å². The molecule has 0 saturated heterocycles. The van der Waals surface area contributed by atoms with Gasteiger partial charge in [0, 0.05) is 49.3 Å². The molecule has 0 fully saturated rings. The first kappa shape index (κ1) is 31.7. The summed E-state index contributed by atoms with van der Waals surface area (Å²) in [7, 11) is 0. The summed E-state index contributed by atoms with van der Waals surface area (Å²) in [5.74, 6) is 0. The number of nitrogens with zero attached hydrogens (tertiary/aromatic N) is 2. The normalized spacial score (nSPS) is 11.9. The van der Waals surface area contributed by atoms with Crippen LogP contribution in [0.2, 0.25) is 0 Å². The van der Waals surface area contributed by atoms with Crippen molar-refractivity contribution in [2.75, 3.05) is 0 Å². The second-order valence-corrected chi connectivity index (χ2v) is 14.9. The lowest BCUT2D eigenvalue weighted by molar-refractivity contribution is 0.670. The predicted molar refractivity (Wildman–Crippen MR) is 239 cm³/mol. The lowest BCUT2D eigenvalue weighted by atomic mass is 9.94. The molecule has 0 atom stereocenters. The zero-order valence-corrected chi connectivity index (χ0v) is 30.9. The molecule has 266 valence electrons. The molecule has 12 rings (SSSR count). The van der Waals surface area contributed by atoms with E-state index >= 15 is 0 Å². The van der Waals surface area contributed by atoms with E-state index in [0.29, 0.717) is 0 Å². The quantitative estimate of drug-likeness (QED) is 0.173. The molecule has 57 heavy (non-hydrogen) atoms. The van der Waals surface area contributed by atoms with Crippen LogP contribution in [0.4, 0.5) is 0 Å². The topological polar surface area (TPSA) is 23.0 Å². The van der Waals surface area contributed by atoms with Crippen molar-refractivity contribution < 1.29 is 4.42 Å². The predicted octanol–water partition coefficient (Wildman–Crippen LogP) is 14.8. The van der Waals surface area contributed by atoms with E-state index in [0.717, 1.165) is 55.6 Å². The maximum atomic E-state index is 6.74. The Labute approximate surface area is 328 Å². The molecule has 0 unspecified atom stereocenters. The number of hydrogen-bond acceptors (Lipinski definition) is 1. The molecular weight excluding hydrogens is 693 g/mol. The Bertz CT molecular complexity index is 3510. The Morgan fingerprint density at radius 2 is 0.842 bits per heavy atom. The second-order valence-electron chi connectivity index (χ2n) is 14.9. The summed E-state index contributed by atoms with van der Waals surface area (Å²) in [6.07, 6.45) is 0. The molecule has 12 aromatic rings. The van der Waals surface area contributed by atoms with Crippen LogP contribution >= 0.6 is 0 Å².